The number of hydrogen-bond donors (Lipinski definition) is 1. The van der Waals surface area contributed by atoms with Gasteiger partial charge in [-0.1, -0.05) is 12.1 Å². The summed E-state index contributed by atoms with van der Waals surface area (Å²) in [4.78, 5) is 12.6. The van der Waals surface area contributed by atoms with Crippen molar-refractivity contribution in [3.63, 3.8) is 0 Å². The molecule has 0 saturated carbocycles. The van der Waals surface area contributed by atoms with Crippen LogP contribution < -0.4 is 5.32 Å². The van der Waals surface area contributed by atoms with Gasteiger partial charge in [0.2, 0.25) is 0 Å². The highest BCUT2D eigenvalue weighted by Crippen LogP contribution is 2.25. The molecule has 4 nitrogen and oxygen atoms in total. The molecule has 0 atom stereocenters. The van der Waals surface area contributed by atoms with Gasteiger partial charge in [0.05, 0.1) is 0 Å². The Morgan fingerprint density at radius 2 is 1.86 bits per heavy atom. The topological polar surface area (TPSA) is 57.8 Å². The van der Waals surface area contributed by atoms with Crippen LogP contribution in [-0.4, -0.2) is 10.5 Å². The van der Waals surface area contributed by atoms with Crippen LogP contribution in [0.4, 0.5) is 5.69 Å². The summed E-state index contributed by atoms with van der Waals surface area (Å²) >= 11 is 2.32. The number of nitrogens with one attached hydrogen (secondary N) is 1. The molecule has 0 radical (unpaired) electrons. The van der Waals surface area contributed by atoms with Gasteiger partial charge < -0.3 is 9.88 Å². The molecule has 0 unspecified atom stereocenters. The van der Waals surface area contributed by atoms with E-state index >= 15 is 0 Å². The molecule has 0 fully saturated rings. The third-order valence-corrected chi connectivity index (χ3v) is 6.02. The highest BCUT2D eigenvalue weighted by atomic mass is 127. The number of anilines is 1. The van der Waals surface area contributed by atoms with Crippen LogP contribution in [0.3, 0.4) is 0 Å². The number of amides is 1. The Balaban J connectivity index is 1.95. The zero-order valence-corrected chi connectivity index (χ0v) is 19.0. The summed E-state index contributed by atoms with van der Waals surface area (Å²) in [6, 6.07) is 17.9. The SMILES string of the molecule is Cc1cccc(NC(=O)/C(C#N)=C/c2cc(C)n(-c3ccc(I)c(C)c3)c2C)c1. The molecular formula is C24H22IN3O. The van der Waals surface area contributed by atoms with Gasteiger partial charge in [-0.2, -0.15) is 5.26 Å². The molecule has 2 aromatic carbocycles. The Morgan fingerprint density at radius 1 is 1.10 bits per heavy atom. The van der Waals surface area contributed by atoms with Gasteiger partial charge in [-0.3, -0.25) is 4.79 Å². The summed E-state index contributed by atoms with van der Waals surface area (Å²) in [6.07, 6.45) is 1.66. The smallest absolute Gasteiger partial charge is 0.266 e. The number of aromatic nitrogens is 1. The Morgan fingerprint density at radius 3 is 2.52 bits per heavy atom. The summed E-state index contributed by atoms with van der Waals surface area (Å²) in [7, 11) is 0. The Kier molecular flexibility index (Phi) is 6.23. The maximum atomic E-state index is 12.6. The summed E-state index contributed by atoms with van der Waals surface area (Å²) in [6.45, 7) is 8.07. The summed E-state index contributed by atoms with van der Waals surface area (Å²) in [5, 5.41) is 12.4. The van der Waals surface area contributed by atoms with E-state index in [-0.39, 0.29) is 5.57 Å². The normalized spacial score (nSPS) is 11.2. The van der Waals surface area contributed by atoms with Crippen molar-refractivity contribution in [2.75, 3.05) is 5.32 Å². The monoisotopic (exact) mass is 495 g/mol. The first kappa shape index (κ1) is 20.9. The van der Waals surface area contributed by atoms with Crippen molar-refractivity contribution in [1.82, 2.24) is 4.57 Å². The van der Waals surface area contributed by atoms with Gasteiger partial charge in [0.25, 0.3) is 5.91 Å². The first-order chi connectivity index (χ1) is 13.8. The average Bonchev–Trinajstić information content (AvgIpc) is 2.95. The molecule has 1 N–H and O–H groups in total. The Labute approximate surface area is 185 Å². The number of nitrogens with zero attached hydrogens (tertiary/aromatic N) is 2. The Bertz CT molecular complexity index is 1170. The third-order valence-electron chi connectivity index (χ3n) is 4.81. The molecule has 0 aliphatic rings. The molecule has 1 amide bonds. The lowest BCUT2D eigenvalue weighted by Crippen LogP contribution is -2.13. The maximum absolute atomic E-state index is 12.6. The second kappa shape index (κ2) is 8.66. The number of nitriles is 1. The summed E-state index contributed by atoms with van der Waals surface area (Å²) < 4.78 is 3.36. The molecule has 0 aliphatic heterocycles. The van der Waals surface area contributed by atoms with Gasteiger partial charge in [0.1, 0.15) is 11.6 Å². The zero-order chi connectivity index (χ0) is 21.1. The van der Waals surface area contributed by atoms with E-state index < -0.39 is 5.91 Å². The fourth-order valence-electron chi connectivity index (χ4n) is 3.32. The lowest BCUT2D eigenvalue weighted by Gasteiger charge is -2.11. The molecule has 29 heavy (non-hydrogen) atoms. The number of hydrogen-bond acceptors (Lipinski definition) is 2. The molecular weight excluding hydrogens is 473 g/mol. The molecule has 1 aromatic heterocycles. The van der Waals surface area contributed by atoms with Gasteiger partial charge in [0, 0.05) is 26.3 Å². The molecule has 0 saturated heterocycles. The van der Waals surface area contributed by atoms with Gasteiger partial charge >= 0.3 is 0 Å². The lowest BCUT2D eigenvalue weighted by molar-refractivity contribution is -0.112. The standard InChI is InChI=1S/C24H22IN3O/c1-15-6-5-7-21(10-15)27-24(29)20(14-26)13-19-12-17(3)28(18(19)4)22-8-9-23(25)16(2)11-22/h5-13H,1-4H3,(H,27,29)/b20-13+. The number of halogens is 1. The highest BCUT2D eigenvalue weighted by molar-refractivity contribution is 14.1. The van der Waals surface area contributed by atoms with Crippen LogP contribution in [0.25, 0.3) is 11.8 Å². The molecule has 0 spiro atoms. The van der Waals surface area contributed by atoms with Gasteiger partial charge in [-0.15, -0.1) is 0 Å². The molecule has 3 aromatic rings. The van der Waals surface area contributed by atoms with Crippen LogP contribution >= 0.6 is 22.6 Å². The van der Waals surface area contributed by atoms with Crippen LogP contribution in [0, 0.1) is 42.6 Å². The van der Waals surface area contributed by atoms with E-state index in [4.69, 9.17) is 0 Å². The fourth-order valence-corrected chi connectivity index (χ4v) is 3.66. The first-order valence-electron chi connectivity index (χ1n) is 9.25. The second-order valence-electron chi connectivity index (χ2n) is 7.09. The van der Waals surface area contributed by atoms with Crippen LogP contribution in [-0.2, 0) is 4.79 Å². The van der Waals surface area contributed by atoms with E-state index in [1.54, 1.807) is 6.08 Å². The number of aryl methyl sites for hydroxylation is 3. The van der Waals surface area contributed by atoms with Crippen molar-refractivity contribution in [2.45, 2.75) is 27.7 Å². The van der Waals surface area contributed by atoms with Crippen molar-refractivity contribution in [1.29, 1.82) is 5.26 Å². The predicted octanol–water partition coefficient (Wildman–Crippen LogP) is 5.86. The van der Waals surface area contributed by atoms with Crippen molar-refractivity contribution < 1.29 is 4.79 Å². The summed E-state index contributed by atoms with van der Waals surface area (Å²) in [5.74, 6) is -0.409. The molecule has 5 heteroatoms. The zero-order valence-electron chi connectivity index (χ0n) is 16.9. The quantitative estimate of drug-likeness (QED) is 0.280. The largest absolute Gasteiger partial charge is 0.321 e. The maximum Gasteiger partial charge on any atom is 0.266 e. The third kappa shape index (κ3) is 4.60. The van der Waals surface area contributed by atoms with E-state index in [1.807, 2.05) is 57.2 Å². The van der Waals surface area contributed by atoms with Crippen LogP contribution in [0.1, 0.15) is 28.1 Å². The Hall–Kier alpha value is -2.85. The van der Waals surface area contributed by atoms with Crippen LogP contribution in [0.2, 0.25) is 0 Å². The molecule has 0 bridgehead atoms. The number of carbonyl (C=O) groups is 1. The first-order valence-corrected chi connectivity index (χ1v) is 10.3. The van der Waals surface area contributed by atoms with E-state index in [1.165, 1.54) is 9.13 Å². The minimum atomic E-state index is -0.409. The lowest BCUT2D eigenvalue weighted by atomic mass is 10.1. The average molecular weight is 495 g/mol. The van der Waals surface area contributed by atoms with Crippen molar-refractivity contribution in [3.8, 4) is 11.8 Å². The van der Waals surface area contributed by atoms with Gasteiger partial charge in [0.15, 0.2) is 0 Å². The van der Waals surface area contributed by atoms with Crippen molar-refractivity contribution in [3.05, 3.63) is 85.8 Å². The summed E-state index contributed by atoms with van der Waals surface area (Å²) in [5.41, 5.74) is 6.96. The van der Waals surface area contributed by atoms with E-state index in [0.717, 1.165) is 28.2 Å². The van der Waals surface area contributed by atoms with Crippen molar-refractivity contribution in [2.24, 2.45) is 0 Å². The number of carbonyl (C=O) groups excluding carboxylic acids is 1. The number of benzene rings is 2. The predicted molar refractivity (Wildman–Crippen MR) is 126 cm³/mol. The van der Waals surface area contributed by atoms with Crippen LogP contribution in [0.15, 0.2) is 54.1 Å². The molecule has 1 heterocycles. The molecule has 146 valence electrons. The van der Waals surface area contributed by atoms with Crippen LogP contribution in [0.5, 0.6) is 0 Å². The van der Waals surface area contributed by atoms with Gasteiger partial charge in [-0.05, 0) is 109 Å². The minimum Gasteiger partial charge on any atom is -0.321 e. The second-order valence-corrected chi connectivity index (χ2v) is 8.25. The van der Waals surface area contributed by atoms with E-state index in [9.17, 15) is 10.1 Å². The molecule has 0 aliphatic carbocycles. The fraction of sp³-hybridized carbons (Fsp3) is 0.167. The van der Waals surface area contributed by atoms with E-state index in [2.05, 4.69) is 57.6 Å². The van der Waals surface area contributed by atoms with Gasteiger partial charge in [-0.25, -0.2) is 0 Å². The van der Waals surface area contributed by atoms with Crippen molar-refractivity contribution >= 4 is 40.3 Å². The minimum absolute atomic E-state index is 0.0746. The van der Waals surface area contributed by atoms with E-state index in [0.29, 0.717) is 5.69 Å². The molecule has 3 rings (SSSR count). The highest BCUT2D eigenvalue weighted by Gasteiger charge is 2.14. The number of rotatable bonds is 4.